The third-order valence-electron chi connectivity index (χ3n) is 3.80. The average Bonchev–Trinajstić information content (AvgIpc) is 2.67. The lowest BCUT2D eigenvalue weighted by Crippen LogP contribution is -2.22. The maximum atomic E-state index is 12.9. The van der Waals surface area contributed by atoms with Crippen LogP contribution in [0.1, 0.15) is 21.5 Å². The van der Waals surface area contributed by atoms with E-state index >= 15 is 0 Å². The van der Waals surface area contributed by atoms with Crippen molar-refractivity contribution >= 4 is 17.5 Å². The summed E-state index contributed by atoms with van der Waals surface area (Å²) in [6.07, 6.45) is 0. The van der Waals surface area contributed by atoms with Crippen molar-refractivity contribution < 1.29 is 13.9 Å². The molecule has 0 fully saturated rings. The molecule has 0 aliphatic heterocycles. The van der Waals surface area contributed by atoms with Crippen LogP contribution in [0.4, 0.5) is 4.39 Å². The van der Waals surface area contributed by atoms with Gasteiger partial charge in [-0.3, -0.25) is 4.79 Å². The van der Waals surface area contributed by atoms with Crippen LogP contribution in [0.3, 0.4) is 0 Å². The van der Waals surface area contributed by atoms with E-state index in [4.69, 9.17) is 16.3 Å². The fourth-order valence-corrected chi connectivity index (χ4v) is 2.46. The molecule has 26 heavy (non-hydrogen) atoms. The molecule has 3 aromatic rings. The minimum absolute atomic E-state index is 0.154. The molecular formula is C21H17ClFNO2. The lowest BCUT2D eigenvalue weighted by molar-refractivity contribution is 0.0951. The third kappa shape index (κ3) is 5.07. The molecular weight excluding hydrogens is 353 g/mol. The largest absolute Gasteiger partial charge is 0.489 e. The summed E-state index contributed by atoms with van der Waals surface area (Å²) in [7, 11) is 0. The molecule has 0 bridgehead atoms. The summed E-state index contributed by atoms with van der Waals surface area (Å²) >= 11 is 5.82. The van der Waals surface area contributed by atoms with Crippen LogP contribution in [0.5, 0.6) is 5.75 Å². The summed E-state index contributed by atoms with van der Waals surface area (Å²) in [5.41, 5.74) is 2.42. The molecule has 0 aromatic heterocycles. The molecule has 3 rings (SSSR count). The van der Waals surface area contributed by atoms with Crippen LogP contribution in [0.25, 0.3) is 0 Å². The summed E-state index contributed by atoms with van der Waals surface area (Å²) in [4.78, 5) is 12.1. The number of carbonyl (C=O) groups excluding carboxylic acids is 1. The highest BCUT2D eigenvalue weighted by molar-refractivity contribution is 6.30. The number of benzene rings is 3. The third-order valence-corrected chi connectivity index (χ3v) is 4.05. The zero-order valence-electron chi connectivity index (χ0n) is 13.9. The van der Waals surface area contributed by atoms with Gasteiger partial charge in [-0.15, -0.1) is 0 Å². The first kappa shape index (κ1) is 18.0. The lowest BCUT2D eigenvalue weighted by atomic mass is 10.2. The standard InChI is InChI=1S/C21H17ClFNO2/c22-18-7-5-17(6-8-18)21(25)24-13-15-3-11-20(12-4-15)26-14-16-1-9-19(23)10-2-16/h1-12H,13-14H2,(H,24,25). The Morgan fingerprint density at radius 3 is 2.15 bits per heavy atom. The summed E-state index contributed by atoms with van der Waals surface area (Å²) < 4.78 is 18.5. The quantitative estimate of drug-likeness (QED) is 0.664. The Balaban J connectivity index is 1.50. The van der Waals surface area contributed by atoms with Crippen molar-refractivity contribution in [2.24, 2.45) is 0 Å². The molecule has 0 saturated carbocycles. The van der Waals surface area contributed by atoms with Gasteiger partial charge in [0, 0.05) is 17.1 Å². The van der Waals surface area contributed by atoms with Crippen molar-refractivity contribution in [3.05, 3.63) is 100 Å². The van der Waals surface area contributed by atoms with Crippen LogP contribution in [0.2, 0.25) is 5.02 Å². The van der Waals surface area contributed by atoms with E-state index in [0.29, 0.717) is 29.5 Å². The Labute approximate surface area is 156 Å². The summed E-state index contributed by atoms with van der Waals surface area (Å²) in [6.45, 7) is 0.784. The number of halogens is 2. The molecule has 3 aromatic carbocycles. The highest BCUT2D eigenvalue weighted by Crippen LogP contribution is 2.15. The number of carbonyl (C=O) groups is 1. The van der Waals surface area contributed by atoms with E-state index in [1.807, 2.05) is 24.3 Å². The normalized spacial score (nSPS) is 10.4. The maximum Gasteiger partial charge on any atom is 0.251 e. The predicted octanol–water partition coefficient (Wildman–Crippen LogP) is 4.99. The second-order valence-electron chi connectivity index (χ2n) is 5.75. The molecule has 0 aliphatic rings. The monoisotopic (exact) mass is 369 g/mol. The van der Waals surface area contributed by atoms with Gasteiger partial charge in [0.25, 0.3) is 5.91 Å². The van der Waals surface area contributed by atoms with Crippen molar-refractivity contribution in [3.8, 4) is 5.75 Å². The van der Waals surface area contributed by atoms with Crippen LogP contribution in [0.15, 0.2) is 72.8 Å². The SMILES string of the molecule is O=C(NCc1ccc(OCc2ccc(F)cc2)cc1)c1ccc(Cl)cc1. The molecule has 0 unspecified atom stereocenters. The Kier molecular flexibility index (Phi) is 5.87. The van der Waals surface area contributed by atoms with Gasteiger partial charge in [0.15, 0.2) is 0 Å². The van der Waals surface area contributed by atoms with Crippen LogP contribution in [-0.4, -0.2) is 5.91 Å². The number of amides is 1. The van der Waals surface area contributed by atoms with E-state index in [-0.39, 0.29) is 11.7 Å². The van der Waals surface area contributed by atoms with Gasteiger partial charge in [-0.1, -0.05) is 35.9 Å². The Morgan fingerprint density at radius 2 is 1.50 bits per heavy atom. The van der Waals surface area contributed by atoms with Crippen LogP contribution < -0.4 is 10.1 Å². The molecule has 0 spiro atoms. The van der Waals surface area contributed by atoms with E-state index in [2.05, 4.69) is 5.32 Å². The van der Waals surface area contributed by atoms with Crippen molar-refractivity contribution in [1.82, 2.24) is 5.32 Å². The van der Waals surface area contributed by atoms with Gasteiger partial charge in [0.1, 0.15) is 18.2 Å². The minimum Gasteiger partial charge on any atom is -0.489 e. The Bertz CT molecular complexity index is 862. The predicted molar refractivity (Wildman–Crippen MR) is 99.8 cm³/mol. The van der Waals surface area contributed by atoms with Gasteiger partial charge < -0.3 is 10.1 Å². The fourth-order valence-electron chi connectivity index (χ4n) is 2.34. The zero-order valence-corrected chi connectivity index (χ0v) is 14.7. The smallest absolute Gasteiger partial charge is 0.251 e. The van der Waals surface area contributed by atoms with Crippen LogP contribution in [-0.2, 0) is 13.2 Å². The van der Waals surface area contributed by atoms with E-state index < -0.39 is 0 Å². The van der Waals surface area contributed by atoms with E-state index in [9.17, 15) is 9.18 Å². The number of hydrogen-bond acceptors (Lipinski definition) is 2. The van der Waals surface area contributed by atoms with Gasteiger partial charge in [0.05, 0.1) is 0 Å². The second kappa shape index (κ2) is 8.50. The molecule has 0 radical (unpaired) electrons. The van der Waals surface area contributed by atoms with Crippen molar-refractivity contribution in [2.45, 2.75) is 13.2 Å². The number of hydrogen-bond donors (Lipinski definition) is 1. The summed E-state index contributed by atoms with van der Waals surface area (Å²) in [6, 6.07) is 20.4. The maximum absolute atomic E-state index is 12.9. The summed E-state index contributed by atoms with van der Waals surface area (Å²) in [5.74, 6) is 0.291. The van der Waals surface area contributed by atoms with E-state index in [1.165, 1.54) is 12.1 Å². The molecule has 5 heteroatoms. The van der Waals surface area contributed by atoms with Gasteiger partial charge >= 0.3 is 0 Å². The highest BCUT2D eigenvalue weighted by atomic mass is 35.5. The Hall–Kier alpha value is -2.85. The molecule has 0 aliphatic carbocycles. The molecule has 3 nitrogen and oxygen atoms in total. The number of nitrogens with one attached hydrogen (secondary N) is 1. The molecule has 1 amide bonds. The van der Waals surface area contributed by atoms with Crippen molar-refractivity contribution in [1.29, 1.82) is 0 Å². The molecule has 0 atom stereocenters. The van der Waals surface area contributed by atoms with Gasteiger partial charge in [-0.2, -0.15) is 0 Å². The topological polar surface area (TPSA) is 38.3 Å². The lowest BCUT2D eigenvalue weighted by Gasteiger charge is -2.09. The number of ether oxygens (including phenoxy) is 1. The van der Waals surface area contributed by atoms with Crippen LogP contribution >= 0.6 is 11.6 Å². The van der Waals surface area contributed by atoms with Gasteiger partial charge in [-0.25, -0.2) is 4.39 Å². The second-order valence-corrected chi connectivity index (χ2v) is 6.19. The highest BCUT2D eigenvalue weighted by Gasteiger charge is 2.05. The minimum atomic E-state index is -0.265. The molecule has 132 valence electrons. The Morgan fingerprint density at radius 1 is 0.885 bits per heavy atom. The molecule has 0 heterocycles. The fraction of sp³-hybridized carbons (Fsp3) is 0.0952. The van der Waals surface area contributed by atoms with Crippen molar-refractivity contribution in [2.75, 3.05) is 0 Å². The van der Waals surface area contributed by atoms with Crippen LogP contribution in [0, 0.1) is 5.82 Å². The zero-order chi connectivity index (χ0) is 18.4. The molecule has 1 N–H and O–H groups in total. The van der Waals surface area contributed by atoms with Crippen molar-refractivity contribution in [3.63, 3.8) is 0 Å². The number of rotatable bonds is 6. The van der Waals surface area contributed by atoms with Gasteiger partial charge in [0.2, 0.25) is 0 Å². The average molecular weight is 370 g/mol. The first-order valence-corrected chi connectivity index (χ1v) is 8.48. The molecule has 0 saturated heterocycles. The van der Waals surface area contributed by atoms with Gasteiger partial charge in [-0.05, 0) is 59.7 Å². The first-order chi connectivity index (χ1) is 12.6. The van der Waals surface area contributed by atoms with E-state index in [1.54, 1.807) is 36.4 Å². The summed E-state index contributed by atoms with van der Waals surface area (Å²) in [5, 5.41) is 3.45. The van der Waals surface area contributed by atoms with E-state index in [0.717, 1.165) is 11.1 Å². The first-order valence-electron chi connectivity index (χ1n) is 8.10.